The fourth-order valence-electron chi connectivity index (χ4n) is 3.10. The lowest BCUT2D eigenvalue weighted by Crippen LogP contribution is -2.42. The van der Waals surface area contributed by atoms with Gasteiger partial charge in [-0.05, 0) is 44.6 Å². The predicted octanol–water partition coefficient (Wildman–Crippen LogP) is 1.84. The maximum Gasteiger partial charge on any atom is 0.0443 e. The molecule has 17 heavy (non-hydrogen) atoms. The summed E-state index contributed by atoms with van der Waals surface area (Å²) in [5.41, 5.74) is 6.24. The van der Waals surface area contributed by atoms with Gasteiger partial charge in [-0.1, -0.05) is 19.8 Å². The molecule has 0 bridgehead atoms. The van der Waals surface area contributed by atoms with Gasteiger partial charge in [-0.3, -0.25) is 0 Å². The normalized spacial score (nSPS) is 29.8. The molecule has 3 atom stereocenters. The Morgan fingerprint density at radius 1 is 1.35 bits per heavy atom. The maximum atomic E-state index is 8.83. The van der Waals surface area contributed by atoms with Crippen molar-refractivity contribution < 1.29 is 5.11 Å². The van der Waals surface area contributed by atoms with E-state index in [4.69, 9.17) is 10.8 Å². The minimum Gasteiger partial charge on any atom is -0.396 e. The number of nitrogens with zero attached hydrogens (tertiary/aromatic N) is 1. The molecule has 1 saturated carbocycles. The van der Waals surface area contributed by atoms with E-state index in [0.29, 0.717) is 18.6 Å². The van der Waals surface area contributed by atoms with Crippen LogP contribution in [-0.2, 0) is 0 Å². The smallest absolute Gasteiger partial charge is 0.0443 e. The number of aliphatic hydroxyl groups is 1. The predicted molar refractivity (Wildman–Crippen MR) is 72.9 cm³/mol. The molecule has 3 nitrogen and oxygen atoms in total. The van der Waals surface area contributed by atoms with Gasteiger partial charge < -0.3 is 15.7 Å². The first-order valence-corrected chi connectivity index (χ1v) is 7.22. The first-order valence-electron chi connectivity index (χ1n) is 7.22. The standard InChI is InChI=1S/C14H30N2O/c1-3-5-12-6-7-14(15)13(10-12)11-16(2)8-4-9-17/h12-14,17H,3-11,15H2,1-2H3. The Kier molecular flexibility index (Phi) is 7.09. The molecule has 1 aliphatic carbocycles. The molecule has 0 aliphatic heterocycles. The molecule has 1 aliphatic rings. The largest absolute Gasteiger partial charge is 0.396 e. The summed E-state index contributed by atoms with van der Waals surface area (Å²) in [6, 6.07) is 0.389. The third-order valence-corrected chi connectivity index (χ3v) is 4.09. The summed E-state index contributed by atoms with van der Waals surface area (Å²) in [4.78, 5) is 2.33. The quantitative estimate of drug-likeness (QED) is 0.716. The Hall–Kier alpha value is -0.120. The van der Waals surface area contributed by atoms with Crippen molar-refractivity contribution in [2.24, 2.45) is 17.6 Å². The molecule has 0 aromatic carbocycles. The Morgan fingerprint density at radius 3 is 2.76 bits per heavy atom. The van der Waals surface area contributed by atoms with Gasteiger partial charge in [0.05, 0.1) is 0 Å². The zero-order valence-electron chi connectivity index (χ0n) is 11.6. The van der Waals surface area contributed by atoms with E-state index in [1.165, 1.54) is 32.1 Å². The monoisotopic (exact) mass is 242 g/mol. The van der Waals surface area contributed by atoms with Crippen molar-refractivity contribution in [1.29, 1.82) is 0 Å². The number of aliphatic hydroxyl groups excluding tert-OH is 1. The summed E-state index contributed by atoms with van der Waals surface area (Å²) < 4.78 is 0. The highest BCUT2D eigenvalue weighted by atomic mass is 16.3. The van der Waals surface area contributed by atoms with Crippen LogP contribution in [0.15, 0.2) is 0 Å². The number of rotatable bonds is 7. The highest BCUT2D eigenvalue weighted by Crippen LogP contribution is 2.31. The van der Waals surface area contributed by atoms with Crippen molar-refractivity contribution >= 4 is 0 Å². The molecule has 0 heterocycles. The van der Waals surface area contributed by atoms with Crippen molar-refractivity contribution in [2.45, 2.75) is 51.5 Å². The summed E-state index contributed by atoms with van der Waals surface area (Å²) in [5, 5.41) is 8.83. The molecule has 1 rings (SSSR count). The zero-order valence-corrected chi connectivity index (χ0v) is 11.6. The van der Waals surface area contributed by atoms with Gasteiger partial charge in [0.1, 0.15) is 0 Å². The Morgan fingerprint density at radius 2 is 2.12 bits per heavy atom. The molecule has 0 aromatic rings. The molecule has 0 radical (unpaired) electrons. The Labute approximate surface area is 106 Å². The van der Waals surface area contributed by atoms with Crippen molar-refractivity contribution in [2.75, 3.05) is 26.7 Å². The second-order valence-corrected chi connectivity index (χ2v) is 5.73. The van der Waals surface area contributed by atoms with E-state index in [1.807, 2.05) is 0 Å². The van der Waals surface area contributed by atoms with Gasteiger partial charge in [0.15, 0.2) is 0 Å². The fourth-order valence-corrected chi connectivity index (χ4v) is 3.10. The van der Waals surface area contributed by atoms with Crippen molar-refractivity contribution in [1.82, 2.24) is 4.90 Å². The molecule has 0 saturated heterocycles. The van der Waals surface area contributed by atoms with Gasteiger partial charge in [0.2, 0.25) is 0 Å². The van der Waals surface area contributed by atoms with Crippen LogP contribution in [0.1, 0.15) is 45.4 Å². The van der Waals surface area contributed by atoms with E-state index in [-0.39, 0.29) is 0 Å². The molecule has 3 heteroatoms. The summed E-state index contributed by atoms with van der Waals surface area (Å²) >= 11 is 0. The van der Waals surface area contributed by atoms with Crippen LogP contribution in [0.25, 0.3) is 0 Å². The van der Waals surface area contributed by atoms with E-state index in [9.17, 15) is 0 Å². The highest BCUT2D eigenvalue weighted by Gasteiger charge is 2.28. The first-order chi connectivity index (χ1) is 8.17. The van der Waals surface area contributed by atoms with Gasteiger partial charge >= 0.3 is 0 Å². The van der Waals surface area contributed by atoms with E-state index in [1.54, 1.807) is 0 Å². The molecule has 1 fully saturated rings. The number of hydrogen-bond acceptors (Lipinski definition) is 3. The minimum absolute atomic E-state index is 0.291. The zero-order chi connectivity index (χ0) is 12.7. The molecule has 0 aromatic heterocycles. The third-order valence-electron chi connectivity index (χ3n) is 4.09. The van der Waals surface area contributed by atoms with Crippen LogP contribution in [0.3, 0.4) is 0 Å². The second-order valence-electron chi connectivity index (χ2n) is 5.73. The van der Waals surface area contributed by atoms with Crippen molar-refractivity contribution in [3.8, 4) is 0 Å². The van der Waals surface area contributed by atoms with Crippen molar-refractivity contribution in [3.05, 3.63) is 0 Å². The summed E-state index contributed by atoms with van der Waals surface area (Å²) in [7, 11) is 2.14. The van der Waals surface area contributed by atoms with Gasteiger partial charge in [-0.15, -0.1) is 0 Å². The van der Waals surface area contributed by atoms with E-state index >= 15 is 0 Å². The van der Waals surface area contributed by atoms with E-state index < -0.39 is 0 Å². The molecule has 0 amide bonds. The summed E-state index contributed by atoms with van der Waals surface area (Å²) in [5.74, 6) is 1.56. The fraction of sp³-hybridized carbons (Fsp3) is 1.00. The first kappa shape index (κ1) is 14.9. The lowest BCUT2D eigenvalue weighted by Gasteiger charge is -2.36. The molecular formula is C14H30N2O. The van der Waals surface area contributed by atoms with Crippen LogP contribution in [0.2, 0.25) is 0 Å². The van der Waals surface area contributed by atoms with Crippen LogP contribution >= 0.6 is 0 Å². The van der Waals surface area contributed by atoms with Gasteiger partial charge in [0, 0.05) is 25.7 Å². The molecule has 3 unspecified atom stereocenters. The maximum absolute atomic E-state index is 8.83. The average molecular weight is 242 g/mol. The number of nitrogens with two attached hydrogens (primary N) is 1. The van der Waals surface area contributed by atoms with Crippen LogP contribution in [0.4, 0.5) is 0 Å². The average Bonchev–Trinajstić information content (AvgIpc) is 2.31. The van der Waals surface area contributed by atoms with Crippen LogP contribution < -0.4 is 5.73 Å². The van der Waals surface area contributed by atoms with Crippen LogP contribution in [0.5, 0.6) is 0 Å². The minimum atomic E-state index is 0.291. The molecule has 102 valence electrons. The lowest BCUT2D eigenvalue weighted by molar-refractivity contribution is 0.161. The van der Waals surface area contributed by atoms with Gasteiger partial charge in [-0.2, -0.15) is 0 Å². The number of hydrogen-bond donors (Lipinski definition) is 2. The summed E-state index contributed by atoms with van der Waals surface area (Å²) in [6.45, 7) is 4.65. The second kappa shape index (κ2) is 8.06. The Balaban J connectivity index is 2.33. The van der Waals surface area contributed by atoms with Crippen LogP contribution in [-0.4, -0.2) is 42.8 Å². The highest BCUT2D eigenvalue weighted by molar-refractivity contribution is 4.84. The van der Waals surface area contributed by atoms with Crippen molar-refractivity contribution in [3.63, 3.8) is 0 Å². The topological polar surface area (TPSA) is 49.5 Å². The van der Waals surface area contributed by atoms with Gasteiger partial charge in [0.25, 0.3) is 0 Å². The van der Waals surface area contributed by atoms with Gasteiger partial charge in [-0.25, -0.2) is 0 Å². The van der Waals surface area contributed by atoms with Crippen LogP contribution in [0, 0.1) is 11.8 Å². The molecule has 3 N–H and O–H groups in total. The SMILES string of the molecule is CCCC1CCC(N)C(CN(C)CCCO)C1. The van der Waals surface area contributed by atoms with E-state index in [0.717, 1.165) is 25.4 Å². The molecule has 0 spiro atoms. The lowest BCUT2D eigenvalue weighted by atomic mass is 9.76. The van der Waals surface area contributed by atoms with E-state index in [2.05, 4.69) is 18.9 Å². The molecular weight excluding hydrogens is 212 g/mol. The Bertz CT molecular complexity index is 199. The third kappa shape index (κ3) is 5.36. The summed E-state index contributed by atoms with van der Waals surface area (Å²) in [6.07, 6.45) is 7.36.